The quantitative estimate of drug-likeness (QED) is 0.565. The summed E-state index contributed by atoms with van der Waals surface area (Å²) in [7, 11) is 0. The summed E-state index contributed by atoms with van der Waals surface area (Å²) in [6, 6.07) is 7.36. The van der Waals surface area contributed by atoms with Gasteiger partial charge < -0.3 is 0 Å². The summed E-state index contributed by atoms with van der Waals surface area (Å²) in [4.78, 5) is 4.12. The summed E-state index contributed by atoms with van der Waals surface area (Å²) in [6.45, 7) is 0. The predicted molar refractivity (Wildman–Crippen MR) is 73.6 cm³/mol. The Hall–Kier alpha value is -1.95. The van der Waals surface area contributed by atoms with Crippen LogP contribution < -0.4 is 11.3 Å². The van der Waals surface area contributed by atoms with Crippen molar-refractivity contribution in [2.75, 3.05) is 0 Å². The third-order valence-electron chi connectivity index (χ3n) is 3.05. The zero-order chi connectivity index (χ0) is 13.2. The third kappa shape index (κ3) is 2.08. The molecule has 0 bridgehead atoms. The fourth-order valence-electron chi connectivity index (χ4n) is 2.13. The molecule has 0 fully saturated rings. The Morgan fingerprint density at radius 3 is 2.84 bits per heavy atom. The molecule has 0 saturated heterocycles. The maximum atomic E-state index is 6.23. The number of rotatable bonds is 3. The molecule has 5 nitrogen and oxygen atoms in total. The second-order valence-corrected chi connectivity index (χ2v) is 4.53. The lowest BCUT2D eigenvalue weighted by molar-refractivity contribution is 0.641. The molecule has 0 radical (unpaired) electrons. The maximum absolute atomic E-state index is 6.23. The van der Waals surface area contributed by atoms with E-state index in [-0.39, 0.29) is 6.04 Å². The van der Waals surface area contributed by atoms with Crippen molar-refractivity contribution in [2.45, 2.75) is 6.04 Å². The fourth-order valence-corrected chi connectivity index (χ4v) is 2.38. The number of nitrogens with one attached hydrogen (secondary N) is 1. The van der Waals surface area contributed by atoms with Crippen molar-refractivity contribution >= 4 is 17.1 Å². The van der Waals surface area contributed by atoms with E-state index in [1.54, 1.807) is 29.3 Å². The van der Waals surface area contributed by atoms with Crippen LogP contribution in [0.3, 0.4) is 0 Å². The van der Waals surface area contributed by atoms with E-state index in [9.17, 15) is 0 Å². The van der Waals surface area contributed by atoms with Crippen LogP contribution in [0.4, 0.5) is 0 Å². The van der Waals surface area contributed by atoms with Gasteiger partial charge in [0.1, 0.15) is 0 Å². The summed E-state index contributed by atoms with van der Waals surface area (Å²) in [6.07, 6.45) is 7.00. The number of benzene rings is 1. The molecule has 0 aliphatic carbocycles. The molecule has 19 heavy (non-hydrogen) atoms. The first-order valence-electron chi connectivity index (χ1n) is 5.79. The lowest BCUT2D eigenvalue weighted by Gasteiger charge is -2.16. The van der Waals surface area contributed by atoms with E-state index < -0.39 is 0 Å². The highest BCUT2D eigenvalue weighted by Crippen LogP contribution is 2.29. The highest BCUT2D eigenvalue weighted by Gasteiger charge is 2.19. The molecule has 1 aromatic carbocycles. The van der Waals surface area contributed by atoms with E-state index in [0.29, 0.717) is 5.02 Å². The monoisotopic (exact) mass is 273 g/mol. The Bertz CT molecular complexity index is 709. The molecule has 0 aliphatic heterocycles. The first-order valence-corrected chi connectivity index (χ1v) is 6.17. The van der Waals surface area contributed by atoms with E-state index >= 15 is 0 Å². The second-order valence-electron chi connectivity index (χ2n) is 4.13. The normalized spacial score (nSPS) is 12.7. The lowest BCUT2D eigenvalue weighted by Crippen LogP contribution is -2.29. The number of halogens is 1. The molecule has 3 aromatic rings. The van der Waals surface area contributed by atoms with Gasteiger partial charge in [0.05, 0.1) is 24.0 Å². The molecular formula is C13H12ClN5. The van der Waals surface area contributed by atoms with Crippen molar-refractivity contribution in [3.63, 3.8) is 0 Å². The first-order chi connectivity index (χ1) is 9.31. The number of hydrogen-bond donors (Lipinski definition) is 2. The number of nitrogens with zero attached hydrogens (tertiary/aromatic N) is 3. The predicted octanol–water partition coefficient (Wildman–Crippen LogP) is 1.94. The van der Waals surface area contributed by atoms with Gasteiger partial charge in [-0.3, -0.25) is 10.8 Å². The standard InChI is InChI=1S/C13H12ClN5/c14-11-4-2-1-3-9(11)13(18-15)10-7-17-19-6-5-16-8-12(10)19/h1-8,13,18H,15H2. The Morgan fingerprint density at radius 1 is 1.21 bits per heavy atom. The van der Waals surface area contributed by atoms with Crippen LogP contribution in [0, 0.1) is 0 Å². The van der Waals surface area contributed by atoms with Gasteiger partial charge >= 0.3 is 0 Å². The summed E-state index contributed by atoms with van der Waals surface area (Å²) in [5, 5.41) is 4.94. The molecule has 2 aromatic heterocycles. The third-order valence-corrected chi connectivity index (χ3v) is 3.39. The van der Waals surface area contributed by atoms with Gasteiger partial charge in [0.15, 0.2) is 0 Å². The van der Waals surface area contributed by atoms with Gasteiger partial charge in [-0.15, -0.1) is 0 Å². The van der Waals surface area contributed by atoms with Crippen molar-refractivity contribution in [1.29, 1.82) is 0 Å². The highest BCUT2D eigenvalue weighted by molar-refractivity contribution is 6.31. The SMILES string of the molecule is NNC(c1ccccc1Cl)c1cnn2ccncc12. The van der Waals surface area contributed by atoms with Crippen LogP contribution in [0.25, 0.3) is 5.52 Å². The van der Waals surface area contributed by atoms with Gasteiger partial charge in [0.25, 0.3) is 0 Å². The molecular weight excluding hydrogens is 262 g/mol. The van der Waals surface area contributed by atoms with Crippen LogP contribution in [0.1, 0.15) is 17.2 Å². The minimum Gasteiger partial charge on any atom is -0.271 e. The van der Waals surface area contributed by atoms with E-state index in [2.05, 4.69) is 15.5 Å². The van der Waals surface area contributed by atoms with Crippen LogP contribution in [-0.2, 0) is 0 Å². The van der Waals surface area contributed by atoms with Crippen molar-refractivity contribution in [1.82, 2.24) is 20.0 Å². The average molecular weight is 274 g/mol. The van der Waals surface area contributed by atoms with E-state index in [0.717, 1.165) is 16.6 Å². The zero-order valence-electron chi connectivity index (χ0n) is 9.99. The Labute approximate surface area is 115 Å². The van der Waals surface area contributed by atoms with Crippen LogP contribution >= 0.6 is 11.6 Å². The topological polar surface area (TPSA) is 68.2 Å². The lowest BCUT2D eigenvalue weighted by atomic mass is 10.0. The fraction of sp³-hybridized carbons (Fsp3) is 0.0769. The minimum atomic E-state index is -0.226. The minimum absolute atomic E-state index is 0.226. The van der Waals surface area contributed by atoms with Crippen LogP contribution in [0.15, 0.2) is 49.1 Å². The summed E-state index contributed by atoms with van der Waals surface area (Å²) in [5.74, 6) is 5.69. The van der Waals surface area contributed by atoms with Crippen LogP contribution in [-0.4, -0.2) is 14.6 Å². The van der Waals surface area contributed by atoms with Gasteiger partial charge in [-0.05, 0) is 11.6 Å². The Kier molecular flexibility index (Phi) is 3.16. The molecule has 0 spiro atoms. The van der Waals surface area contributed by atoms with Gasteiger partial charge in [0.2, 0.25) is 0 Å². The Balaban J connectivity index is 2.15. The molecule has 0 amide bonds. The van der Waals surface area contributed by atoms with E-state index in [1.807, 2.05) is 24.3 Å². The van der Waals surface area contributed by atoms with Gasteiger partial charge in [-0.2, -0.15) is 5.10 Å². The number of fused-ring (bicyclic) bond motifs is 1. The van der Waals surface area contributed by atoms with Crippen molar-refractivity contribution < 1.29 is 0 Å². The summed E-state index contributed by atoms with van der Waals surface area (Å²) >= 11 is 6.23. The van der Waals surface area contributed by atoms with Gasteiger partial charge in [-0.1, -0.05) is 29.8 Å². The zero-order valence-corrected chi connectivity index (χ0v) is 10.7. The largest absolute Gasteiger partial charge is 0.271 e. The molecule has 3 N–H and O–H groups in total. The molecule has 1 unspecified atom stereocenters. The number of nitrogens with two attached hydrogens (primary N) is 1. The molecule has 0 saturated carbocycles. The van der Waals surface area contributed by atoms with E-state index in [1.165, 1.54) is 0 Å². The first kappa shape index (κ1) is 12.1. The van der Waals surface area contributed by atoms with Crippen molar-refractivity contribution in [3.8, 4) is 0 Å². The number of aromatic nitrogens is 3. The molecule has 96 valence electrons. The number of hydrazine groups is 1. The molecule has 2 heterocycles. The molecule has 0 aliphatic rings. The van der Waals surface area contributed by atoms with Crippen molar-refractivity contribution in [3.05, 3.63) is 65.2 Å². The second kappa shape index (κ2) is 4.97. The summed E-state index contributed by atoms with van der Waals surface area (Å²) in [5.41, 5.74) is 5.52. The van der Waals surface area contributed by atoms with Crippen molar-refractivity contribution in [2.24, 2.45) is 5.84 Å². The molecule has 1 atom stereocenters. The average Bonchev–Trinajstić information content (AvgIpc) is 2.86. The van der Waals surface area contributed by atoms with E-state index in [4.69, 9.17) is 17.4 Å². The van der Waals surface area contributed by atoms with Gasteiger partial charge in [-0.25, -0.2) is 9.94 Å². The maximum Gasteiger partial charge on any atom is 0.0896 e. The smallest absolute Gasteiger partial charge is 0.0896 e. The van der Waals surface area contributed by atoms with Crippen LogP contribution in [0.5, 0.6) is 0 Å². The Morgan fingerprint density at radius 2 is 2.05 bits per heavy atom. The van der Waals surface area contributed by atoms with Crippen LogP contribution in [0.2, 0.25) is 5.02 Å². The van der Waals surface area contributed by atoms with Gasteiger partial charge in [0, 0.05) is 23.0 Å². The molecule has 6 heteroatoms. The summed E-state index contributed by atoms with van der Waals surface area (Å²) < 4.78 is 1.75. The molecule has 3 rings (SSSR count). The highest BCUT2D eigenvalue weighted by atomic mass is 35.5. The number of hydrogen-bond acceptors (Lipinski definition) is 4.